The Kier molecular flexibility index (Phi) is 6.30. The minimum absolute atomic E-state index is 0.380. The maximum atomic E-state index is 6.29. The van der Waals surface area contributed by atoms with Crippen LogP contribution in [-0.2, 0) is 6.42 Å². The summed E-state index contributed by atoms with van der Waals surface area (Å²) in [6.07, 6.45) is 1.74. The van der Waals surface area contributed by atoms with E-state index in [1.165, 1.54) is 0 Å². The highest BCUT2D eigenvalue weighted by atomic mass is 16.5. The highest BCUT2D eigenvalue weighted by Gasteiger charge is 2.22. The maximum Gasteiger partial charge on any atom is 0.161 e. The first kappa shape index (κ1) is 16.8. The van der Waals surface area contributed by atoms with Crippen LogP contribution in [0.15, 0.2) is 18.2 Å². The highest BCUT2D eigenvalue weighted by Crippen LogP contribution is 2.30. The van der Waals surface area contributed by atoms with E-state index in [4.69, 9.17) is 15.2 Å². The fourth-order valence-corrected chi connectivity index (χ4v) is 1.83. The molecule has 0 saturated carbocycles. The number of hydrogen-bond donors (Lipinski definition) is 1. The molecule has 1 unspecified atom stereocenters. The highest BCUT2D eigenvalue weighted by molar-refractivity contribution is 5.43. The predicted molar refractivity (Wildman–Crippen MR) is 83.4 cm³/mol. The third-order valence-corrected chi connectivity index (χ3v) is 3.35. The van der Waals surface area contributed by atoms with Gasteiger partial charge in [-0.1, -0.05) is 13.0 Å². The van der Waals surface area contributed by atoms with E-state index in [2.05, 4.69) is 13.0 Å². The van der Waals surface area contributed by atoms with Crippen molar-refractivity contribution in [1.29, 1.82) is 0 Å². The van der Waals surface area contributed by atoms with Gasteiger partial charge in [-0.25, -0.2) is 0 Å². The Morgan fingerprint density at radius 1 is 1.15 bits per heavy atom. The van der Waals surface area contributed by atoms with Crippen molar-refractivity contribution in [2.75, 3.05) is 27.3 Å². The zero-order valence-electron chi connectivity index (χ0n) is 13.4. The van der Waals surface area contributed by atoms with Crippen molar-refractivity contribution in [3.8, 4) is 11.5 Å². The lowest BCUT2D eigenvalue weighted by Gasteiger charge is -2.32. The molecule has 2 N–H and O–H groups in total. The van der Waals surface area contributed by atoms with Gasteiger partial charge in [0.15, 0.2) is 11.5 Å². The lowest BCUT2D eigenvalue weighted by molar-refractivity contribution is 0.180. The van der Waals surface area contributed by atoms with Crippen molar-refractivity contribution in [3.05, 3.63) is 23.8 Å². The fourth-order valence-electron chi connectivity index (χ4n) is 1.83. The van der Waals surface area contributed by atoms with Crippen LogP contribution < -0.4 is 15.2 Å². The van der Waals surface area contributed by atoms with Crippen LogP contribution in [-0.4, -0.2) is 37.9 Å². The second kappa shape index (κ2) is 7.50. The van der Waals surface area contributed by atoms with E-state index >= 15 is 0 Å². The molecule has 0 bridgehead atoms. The molecule has 0 saturated heterocycles. The Labute approximate surface area is 122 Å². The molecule has 4 nitrogen and oxygen atoms in total. The van der Waals surface area contributed by atoms with Crippen LogP contribution in [0, 0.1) is 0 Å². The number of rotatable bonds is 8. The molecule has 0 aliphatic rings. The van der Waals surface area contributed by atoms with Crippen LogP contribution in [0.5, 0.6) is 11.5 Å². The average Bonchev–Trinajstić information content (AvgIpc) is 2.37. The second-order valence-corrected chi connectivity index (χ2v) is 5.49. The van der Waals surface area contributed by atoms with Gasteiger partial charge in [-0.15, -0.1) is 0 Å². The topological polar surface area (TPSA) is 47.7 Å². The summed E-state index contributed by atoms with van der Waals surface area (Å²) in [5.41, 5.74) is 7.06. The molecule has 0 spiro atoms. The smallest absolute Gasteiger partial charge is 0.161 e. The lowest BCUT2D eigenvalue weighted by Crippen LogP contribution is -2.51. The molecule has 1 rings (SSSR count). The van der Waals surface area contributed by atoms with Gasteiger partial charge in [0.2, 0.25) is 0 Å². The summed E-state index contributed by atoms with van der Waals surface area (Å²) in [6, 6.07) is 6.06. The van der Waals surface area contributed by atoms with Gasteiger partial charge in [0.1, 0.15) is 0 Å². The van der Waals surface area contributed by atoms with E-state index < -0.39 is 0 Å². The number of likely N-dealkylation sites (N-methyl/N-ethyl adjacent to an activating group) is 1. The van der Waals surface area contributed by atoms with Crippen LogP contribution >= 0.6 is 0 Å². The lowest BCUT2D eigenvalue weighted by atomic mass is 10.0. The SMILES string of the molecule is CCCOc1ccc(CC(C)(N)N(C)C)cc1OCC. The Morgan fingerprint density at radius 2 is 1.85 bits per heavy atom. The molecule has 0 radical (unpaired) electrons. The summed E-state index contributed by atoms with van der Waals surface area (Å²) in [5.74, 6) is 1.61. The maximum absolute atomic E-state index is 6.29. The fraction of sp³-hybridized carbons (Fsp3) is 0.625. The van der Waals surface area contributed by atoms with Gasteiger partial charge in [-0.3, -0.25) is 4.90 Å². The molecule has 4 heteroatoms. The first-order valence-electron chi connectivity index (χ1n) is 7.25. The van der Waals surface area contributed by atoms with Crippen molar-refractivity contribution in [2.45, 2.75) is 39.3 Å². The molecule has 0 amide bonds. The van der Waals surface area contributed by atoms with Crippen molar-refractivity contribution in [2.24, 2.45) is 5.73 Å². The van der Waals surface area contributed by atoms with Gasteiger partial charge in [0.25, 0.3) is 0 Å². The number of nitrogens with zero attached hydrogens (tertiary/aromatic N) is 1. The molecule has 0 heterocycles. The molecule has 0 aliphatic heterocycles. The molecule has 0 fully saturated rings. The number of ether oxygens (including phenoxy) is 2. The average molecular weight is 280 g/mol. The van der Waals surface area contributed by atoms with Crippen LogP contribution in [0.1, 0.15) is 32.8 Å². The Morgan fingerprint density at radius 3 is 2.40 bits per heavy atom. The third-order valence-electron chi connectivity index (χ3n) is 3.35. The van der Waals surface area contributed by atoms with Crippen LogP contribution in [0.3, 0.4) is 0 Å². The summed E-state index contributed by atoms with van der Waals surface area (Å²) in [5, 5.41) is 0. The van der Waals surface area contributed by atoms with Crippen molar-refractivity contribution in [1.82, 2.24) is 4.90 Å². The van der Waals surface area contributed by atoms with E-state index in [0.29, 0.717) is 13.2 Å². The third kappa shape index (κ3) is 4.69. The van der Waals surface area contributed by atoms with Gasteiger partial charge < -0.3 is 15.2 Å². The Balaban J connectivity index is 2.92. The van der Waals surface area contributed by atoms with Crippen molar-refractivity contribution < 1.29 is 9.47 Å². The van der Waals surface area contributed by atoms with Crippen molar-refractivity contribution in [3.63, 3.8) is 0 Å². The molecule has 1 aromatic rings. The van der Waals surface area contributed by atoms with Crippen LogP contribution in [0.4, 0.5) is 0 Å². The normalized spacial score (nSPS) is 14.2. The zero-order chi connectivity index (χ0) is 15.2. The monoisotopic (exact) mass is 280 g/mol. The standard InChI is InChI=1S/C16H28N2O2/c1-6-10-20-14-9-8-13(11-15(14)19-7-2)12-16(3,17)18(4)5/h8-9,11H,6-7,10,12,17H2,1-5H3. The first-order chi connectivity index (χ1) is 9.40. The molecular weight excluding hydrogens is 252 g/mol. The van der Waals surface area contributed by atoms with E-state index in [9.17, 15) is 0 Å². The molecule has 0 aromatic heterocycles. The molecule has 0 aliphatic carbocycles. The van der Waals surface area contributed by atoms with E-state index in [1.807, 2.05) is 45.0 Å². The largest absolute Gasteiger partial charge is 0.490 e. The van der Waals surface area contributed by atoms with Gasteiger partial charge in [0, 0.05) is 6.42 Å². The molecule has 1 atom stereocenters. The van der Waals surface area contributed by atoms with Gasteiger partial charge >= 0.3 is 0 Å². The quantitative estimate of drug-likeness (QED) is 0.744. The van der Waals surface area contributed by atoms with E-state index in [0.717, 1.165) is 29.9 Å². The zero-order valence-corrected chi connectivity index (χ0v) is 13.4. The predicted octanol–water partition coefficient (Wildman–Crippen LogP) is 2.65. The second-order valence-electron chi connectivity index (χ2n) is 5.49. The van der Waals surface area contributed by atoms with E-state index in [-0.39, 0.29) is 5.66 Å². The molecule has 20 heavy (non-hydrogen) atoms. The van der Waals surface area contributed by atoms with Crippen LogP contribution in [0.25, 0.3) is 0 Å². The summed E-state index contributed by atoms with van der Waals surface area (Å²) in [7, 11) is 3.98. The molecule has 114 valence electrons. The first-order valence-corrected chi connectivity index (χ1v) is 7.25. The Bertz CT molecular complexity index is 417. The van der Waals surface area contributed by atoms with E-state index in [1.54, 1.807) is 0 Å². The number of nitrogens with two attached hydrogens (primary N) is 1. The van der Waals surface area contributed by atoms with Gasteiger partial charge in [0.05, 0.1) is 18.9 Å². The Hall–Kier alpha value is -1.26. The molecule has 1 aromatic carbocycles. The summed E-state index contributed by atoms with van der Waals surface area (Å²) in [4.78, 5) is 2.02. The van der Waals surface area contributed by atoms with Crippen LogP contribution in [0.2, 0.25) is 0 Å². The van der Waals surface area contributed by atoms with Crippen molar-refractivity contribution >= 4 is 0 Å². The van der Waals surface area contributed by atoms with Gasteiger partial charge in [-0.2, -0.15) is 0 Å². The summed E-state index contributed by atoms with van der Waals surface area (Å²) >= 11 is 0. The number of benzene rings is 1. The summed E-state index contributed by atoms with van der Waals surface area (Å²) in [6.45, 7) is 7.41. The molecular formula is C16H28N2O2. The summed E-state index contributed by atoms with van der Waals surface area (Å²) < 4.78 is 11.4. The minimum Gasteiger partial charge on any atom is -0.490 e. The van der Waals surface area contributed by atoms with Gasteiger partial charge in [-0.05, 0) is 52.1 Å². The number of hydrogen-bond acceptors (Lipinski definition) is 4. The minimum atomic E-state index is -0.380.